The summed E-state index contributed by atoms with van der Waals surface area (Å²) in [6.07, 6.45) is 3.78. The monoisotopic (exact) mass is 376 g/mol. The standard InChI is InChI=1S/C19H25ClN4O2/c20-18-17(21-12-15-6-8-23(9-7-15)10-11-25)13-22-24(19(18)26)14-16-4-2-1-3-5-16/h1-5,13,15,21,25H,6-12,14H2. The number of piperidine rings is 1. The van der Waals surface area contributed by atoms with Crippen LogP contribution in [0.5, 0.6) is 0 Å². The van der Waals surface area contributed by atoms with E-state index in [1.54, 1.807) is 6.20 Å². The van der Waals surface area contributed by atoms with Crippen LogP contribution >= 0.6 is 11.6 Å². The van der Waals surface area contributed by atoms with Gasteiger partial charge in [-0.1, -0.05) is 41.9 Å². The Kier molecular flexibility index (Phi) is 6.66. The molecule has 0 saturated carbocycles. The highest BCUT2D eigenvalue weighted by Gasteiger charge is 2.19. The molecule has 2 aromatic rings. The van der Waals surface area contributed by atoms with E-state index in [2.05, 4.69) is 15.3 Å². The maximum Gasteiger partial charge on any atom is 0.287 e. The van der Waals surface area contributed by atoms with Crippen LogP contribution in [0.1, 0.15) is 18.4 Å². The molecule has 26 heavy (non-hydrogen) atoms. The van der Waals surface area contributed by atoms with Gasteiger partial charge in [0.2, 0.25) is 0 Å². The Morgan fingerprint density at radius 3 is 2.65 bits per heavy atom. The minimum Gasteiger partial charge on any atom is -0.395 e. The van der Waals surface area contributed by atoms with Crippen molar-refractivity contribution >= 4 is 17.3 Å². The van der Waals surface area contributed by atoms with Crippen molar-refractivity contribution < 1.29 is 5.11 Å². The summed E-state index contributed by atoms with van der Waals surface area (Å²) in [6.45, 7) is 4.13. The quantitative estimate of drug-likeness (QED) is 0.774. The Morgan fingerprint density at radius 1 is 1.23 bits per heavy atom. The topological polar surface area (TPSA) is 70.4 Å². The Hall–Kier alpha value is -1.89. The molecule has 2 N–H and O–H groups in total. The van der Waals surface area contributed by atoms with Crippen molar-refractivity contribution in [3.05, 3.63) is 57.5 Å². The Labute approximate surface area is 158 Å². The third-order valence-corrected chi connectivity index (χ3v) is 5.23. The van der Waals surface area contributed by atoms with Crippen LogP contribution in [0.2, 0.25) is 5.02 Å². The first kappa shape index (κ1) is 18.9. The highest BCUT2D eigenvalue weighted by molar-refractivity contribution is 6.32. The molecule has 1 aliphatic heterocycles. The zero-order valence-electron chi connectivity index (χ0n) is 14.8. The zero-order chi connectivity index (χ0) is 18.4. The normalized spacial score (nSPS) is 15.9. The van der Waals surface area contributed by atoms with Crippen molar-refractivity contribution in [3.63, 3.8) is 0 Å². The van der Waals surface area contributed by atoms with Gasteiger partial charge >= 0.3 is 0 Å². The molecule has 0 atom stereocenters. The van der Waals surface area contributed by atoms with Gasteiger partial charge in [0.15, 0.2) is 0 Å². The van der Waals surface area contributed by atoms with Crippen LogP contribution in [0, 0.1) is 5.92 Å². The second kappa shape index (κ2) is 9.16. The first-order chi connectivity index (χ1) is 12.7. The van der Waals surface area contributed by atoms with E-state index < -0.39 is 0 Å². The first-order valence-electron chi connectivity index (χ1n) is 9.04. The van der Waals surface area contributed by atoms with Crippen LogP contribution in [-0.4, -0.2) is 52.6 Å². The average Bonchev–Trinajstić information content (AvgIpc) is 2.67. The van der Waals surface area contributed by atoms with Gasteiger partial charge < -0.3 is 15.3 Å². The second-order valence-electron chi connectivity index (χ2n) is 6.71. The summed E-state index contributed by atoms with van der Waals surface area (Å²) in [6, 6.07) is 9.72. The number of anilines is 1. The number of rotatable bonds is 7. The minimum atomic E-state index is -0.279. The van der Waals surface area contributed by atoms with Crippen LogP contribution in [0.4, 0.5) is 5.69 Å². The lowest BCUT2D eigenvalue weighted by atomic mass is 9.97. The van der Waals surface area contributed by atoms with Crippen LogP contribution in [0.25, 0.3) is 0 Å². The number of nitrogens with zero attached hydrogens (tertiary/aromatic N) is 3. The molecule has 1 aliphatic rings. The van der Waals surface area contributed by atoms with Crippen molar-refractivity contribution in [1.29, 1.82) is 0 Å². The van der Waals surface area contributed by atoms with Crippen LogP contribution in [-0.2, 0) is 6.54 Å². The summed E-state index contributed by atoms with van der Waals surface area (Å²) >= 11 is 6.27. The van der Waals surface area contributed by atoms with Gasteiger partial charge in [-0.25, -0.2) is 4.68 Å². The molecule has 1 aromatic heterocycles. The first-order valence-corrected chi connectivity index (χ1v) is 9.42. The molecule has 1 aromatic carbocycles. The lowest BCUT2D eigenvalue weighted by molar-refractivity contribution is 0.151. The molecule has 0 bridgehead atoms. The van der Waals surface area contributed by atoms with Gasteiger partial charge in [0, 0.05) is 13.1 Å². The van der Waals surface area contributed by atoms with Gasteiger partial charge in [0.1, 0.15) is 5.02 Å². The Bertz CT molecular complexity index is 758. The summed E-state index contributed by atoms with van der Waals surface area (Å²) in [7, 11) is 0. The summed E-state index contributed by atoms with van der Waals surface area (Å²) in [5.74, 6) is 0.535. The van der Waals surface area contributed by atoms with Crippen molar-refractivity contribution in [3.8, 4) is 0 Å². The highest BCUT2D eigenvalue weighted by Crippen LogP contribution is 2.20. The molecule has 2 heterocycles. The number of halogens is 1. The molecule has 0 radical (unpaired) electrons. The molecule has 140 valence electrons. The van der Waals surface area contributed by atoms with E-state index in [1.165, 1.54) is 4.68 Å². The summed E-state index contributed by atoms with van der Waals surface area (Å²) in [5, 5.41) is 16.7. The Morgan fingerprint density at radius 2 is 1.96 bits per heavy atom. The van der Waals surface area contributed by atoms with Gasteiger partial charge in [-0.15, -0.1) is 0 Å². The zero-order valence-corrected chi connectivity index (χ0v) is 15.5. The molecular formula is C19H25ClN4O2. The third-order valence-electron chi connectivity index (χ3n) is 4.86. The number of aromatic nitrogens is 2. The molecule has 0 amide bonds. The van der Waals surface area contributed by atoms with E-state index in [1.807, 2.05) is 30.3 Å². The molecule has 0 spiro atoms. The fraction of sp³-hybridized carbons (Fsp3) is 0.474. The number of nitrogens with one attached hydrogen (secondary N) is 1. The maximum atomic E-state index is 12.5. The van der Waals surface area contributed by atoms with E-state index in [-0.39, 0.29) is 17.2 Å². The van der Waals surface area contributed by atoms with E-state index in [0.717, 1.165) is 44.6 Å². The van der Waals surface area contributed by atoms with Crippen molar-refractivity contribution in [2.75, 3.05) is 38.1 Å². The number of likely N-dealkylation sites (tertiary alicyclic amines) is 1. The molecule has 1 fully saturated rings. The van der Waals surface area contributed by atoms with E-state index in [0.29, 0.717) is 18.2 Å². The number of aliphatic hydroxyl groups excluding tert-OH is 1. The minimum absolute atomic E-state index is 0.189. The number of hydrogen-bond donors (Lipinski definition) is 2. The lowest BCUT2D eigenvalue weighted by Crippen LogP contribution is -2.37. The summed E-state index contributed by atoms with van der Waals surface area (Å²) < 4.78 is 1.39. The van der Waals surface area contributed by atoms with Gasteiger partial charge in [-0.3, -0.25) is 4.79 Å². The largest absolute Gasteiger partial charge is 0.395 e. The molecule has 1 saturated heterocycles. The SMILES string of the molecule is O=c1c(Cl)c(NCC2CCN(CCO)CC2)cnn1Cc1ccccc1. The fourth-order valence-electron chi connectivity index (χ4n) is 3.27. The smallest absolute Gasteiger partial charge is 0.287 e. The Balaban J connectivity index is 1.58. The van der Waals surface area contributed by atoms with Crippen molar-refractivity contribution in [1.82, 2.24) is 14.7 Å². The van der Waals surface area contributed by atoms with Crippen LogP contribution < -0.4 is 10.9 Å². The number of benzene rings is 1. The van der Waals surface area contributed by atoms with Crippen LogP contribution in [0.15, 0.2) is 41.3 Å². The highest BCUT2D eigenvalue weighted by atomic mass is 35.5. The third kappa shape index (κ3) is 4.84. The number of hydrogen-bond acceptors (Lipinski definition) is 5. The van der Waals surface area contributed by atoms with Crippen LogP contribution in [0.3, 0.4) is 0 Å². The molecule has 7 heteroatoms. The number of aliphatic hydroxyl groups is 1. The van der Waals surface area contributed by atoms with Gasteiger partial charge in [-0.05, 0) is 37.4 Å². The average molecular weight is 377 g/mol. The van der Waals surface area contributed by atoms with Crippen molar-refractivity contribution in [2.45, 2.75) is 19.4 Å². The number of β-amino-alcohol motifs (C(OH)–C–C–N with tert-alkyl or cyclic N) is 1. The molecule has 0 unspecified atom stereocenters. The lowest BCUT2D eigenvalue weighted by Gasteiger charge is -2.31. The van der Waals surface area contributed by atoms with Gasteiger partial charge in [0.25, 0.3) is 5.56 Å². The second-order valence-corrected chi connectivity index (χ2v) is 7.09. The predicted octanol–water partition coefficient (Wildman–Crippen LogP) is 2.06. The summed E-state index contributed by atoms with van der Waals surface area (Å²) in [4.78, 5) is 14.7. The fourth-order valence-corrected chi connectivity index (χ4v) is 3.48. The van der Waals surface area contributed by atoms with E-state index in [4.69, 9.17) is 16.7 Å². The summed E-state index contributed by atoms with van der Waals surface area (Å²) in [5.41, 5.74) is 1.32. The van der Waals surface area contributed by atoms with E-state index >= 15 is 0 Å². The molecule has 0 aliphatic carbocycles. The molecule has 3 rings (SSSR count). The predicted molar refractivity (Wildman–Crippen MR) is 104 cm³/mol. The molecular weight excluding hydrogens is 352 g/mol. The van der Waals surface area contributed by atoms with E-state index in [9.17, 15) is 4.79 Å². The maximum absolute atomic E-state index is 12.5. The van der Waals surface area contributed by atoms with Gasteiger partial charge in [0.05, 0.1) is 25.0 Å². The van der Waals surface area contributed by atoms with Gasteiger partial charge in [-0.2, -0.15) is 5.10 Å². The van der Waals surface area contributed by atoms with Crippen molar-refractivity contribution in [2.24, 2.45) is 5.92 Å². The molecule has 6 nitrogen and oxygen atoms in total.